The molecule has 1 heterocycles. The molecular weight excluding hydrogens is 472 g/mol. The largest absolute Gasteiger partial charge is 0.381 e. The van der Waals surface area contributed by atoms with Crippen LogP contribution in [-0.2, 0) is 24.1 Å². The number of amides is 1. The molecular formula is C26H31ClN2O4S. The van der Waals surface area contributed by atoms with Gasteiger partial charge in [-0.2, -0.15) is 5.26 Å². The summed E-state index contributed by atoms with van der Waals surface area (Å²) in [4.78, 5) is 15.0. The van der Waals surface area contributed by atoms with Crippen LogP contribution in [0.4, 0.5) is 5.69 Å². The smallest absolute Gasteiger partial charge is 0.232 e. The maximum absolute atomic E-state index is 13.9. The van der Waals surface area contributed by atoms with Gasteiger partial charge in [0.25, 0.3) is 0 Å². The first kappa shape index (κ1) is 26.2. The van der Waals surface area contributed by atoms with Crippen molar-refractivity contribution in [2.75, 3.05) is 18.1 Å². The standard InChI is InChI=1S/C26H31ClN2O4S/c1-18(2)29(24(30)25(3,4)5)23-11-8-20(16-22(23)27)26(12-14-33-15-13-26)34(31,32)21-9-6-19(17-28)7-10-21/h6-11,16,18H,12-15H2,1-5H3. The Hall–Kier alpha value is -2.40. The molecule has 0 radical (unpaired) electrons. The minimum Gasteiger partial charge on any atom is -0.381 e. The number of carbonyl (C=O) groups excluding carboxylic acids is 1. The average molecular weight is 503 g/mol. The Labute approximate surface area is 207 Å². The molecule has 182 valence electrons. The number of halogens is 1. The fraction of sp³-hybridized carbons (Fsp3) is 0.462. The summed E-state index contributed by atoms with van der Waals surface area (Å²) in [7, 11) is -3.84. The van der Waals surface area contributed by atoms with Crippen molar-refractivity contribution in [3.05, 3.63) is 58.6 Å². The zero-order valence-electron chi connectivity index (χ0n) is 20.3. The molecule has 8 heteroatoms. The van der Waals surface area contributed by atoms with Crippen LogP contribution in [0, 0.1) is 16.7 Å². The average Bonchev–Trinajstić information content (AvgIpc) is 2.79. The number of nitriles is 1. The number of ether oxygens (including phenoxy) is 1. The van der Waals surface area contributed by atoms with E-state index >= 15 is 0 Å². The van der Waals surface area contributed by atoms with E-state index in [1.54, 1.807) is 23.1 Å². The quantitative estimate of drug-likeness (QED) is 0.540. The second kappa shape index (κ2) is 9.69. The van der Waals surface area contributed by atoms with Crippen LogP contribution in [0.3, 0.4) is 0 Å². The minimum absolute atomic E-state index is 0.0665. The summed E-state index contributed by atoms with van der Waals surface area (Å²) in [6.07, 6.45) is 0.555. The predicted octanol–water partition coefficient (Wildman–Crippen LogP) is 5.48. The zero-order valence-corrected chi connectivity index (χ0v) is 21.8. The second-order valence-corrected chi connectivity index (χ2v) is 12.6. The van der Waals surface area contributed by atoms with Crippen molar-refractivity contribution >= 4 is 33.0 Å². The molecule has 0 aliphatic carbocycles. The fourth-order valence-electron chi connectivity index (χ4n) is 4.32. The summed E-state index contributed by atoms with van der Waals surface area (Å²) in [5.41, 5.74) is 0.913. The highest BCUT2D eigenvalue weighted by molar-refractivity contribution is 7.92. The molecule has 34 heavy (non-hydrogen) atoms. The van der Waals surface area contributed by atoms with Gasteiger partial charge in [0.2, 0.25) is 5.91 Å². The van der Waals surface area contributed by atoms with Gasteiger partial charge in [0.1, 0.15) is 4.75 Å². The molecule has 0 N–H and O–H groups in total. The SMILES string of the molecule is CC(C)N(C(=O)C(C)(C)C)c1ccc(C2(S(=O)(=O)c3ccc(C#N)cc3)CCOCC2)cc1Cl. The Morgan fingerprint density at radius 3 is 2.18 bits per heavy atom. The van der Waals surface area contributed by atoms with Crippen LogP contribution in [0.15, 0.2) is 47.4 Å². The van der Waals surface area contributed by atoms with Crippen molar-refractivity contribution < 1.29 is 17.9 Å². The van der Waals surface area contributed by atoms with Gasteiger partial charge < -0.3 is 9.64 Å². The molecule has 0 unspecified atom stereocenters. The molecule has 3 rings (SSSR count). The Morgan fingerprint density at radius 2 is 1.71 bits per heavy atom. The summed E-state index contributed by atoms with van der Waals surface area (Å²) in [5.74, 6) is -0.0665. The molecule has 0 bridgehead atoms. The van der Waals surface area contributed by atoms with Crippen LogP contribution >= 0.6 is 11.6 Å². The van der Waals surface area contributed by atoms with E-state index in [9.17, 15) is 13.2 Å². The third-order valence-electron chi connectivity index (χ3n) is 6.22. The van der Waals surface area contributed by atoms with Crippen LogP contribution in [0.5, 0.6) is 0 Å². The van der Waals surface area contributed by atoms with Crippen molar-refractivity contribution in [2.24, 2.45) is 5.41 Å². The number of hydrogen-bond acceptors (Lipinski definition) is 5. The van der Waals surface area contributed by atoms with E-state index in [-0.39, 0.29) is 29.7 Å². The van der Waals surface area contributed by atoms with E-state index in [4.69, 9.17) is 21.6 Å². The highest BCUT2D eigenvalue weighted by Crippen LogP contribution is 2.45. The molecule has 1 fully saturated rings. The normalized spacial score (nSPS) is 16.2. The van der Waals surface area contributed by atoms with Gasteiger partial charge in [-0.3, -0.25) is 4.79 Å². The maximum atomic E-state index is 13.9. The topological polar surface area (TPSA) is 87.5 Å². The molecule has 2 aromatic rings. The zero-order chi connectivity index (χ0) is 25.3. The Morgan fingerprint density at radius 1 is 1.12 bits per heavy atom. The lowest BCUT2D eigenvalue weighted by molar-refractivity contribution is -0.126. The molecule has 1 aliphatic heterocycles. The van der Waals surface area contributed by atoms with Gasteiger partial charge in [-0.05, 0) is 68.7 Å². The number of rotatable bonds is 5. The first-order valence-corrected chi connectivity index (χ1v) is 13.2. The Kier molecular flexibility index (Phi) is 7.47. The van der Waals surface area contributed by atoms with E-state index < -0.39 is 20.0 Å². The van der Waals surface area contributed by atoms with Crippen LogP contribution in [-0.4, -0.2) is 33.6 Å². The molecule has 1 aliphatic rings. The summed E-state index contributed by atoms with van der Waals surface area (Å²) in [5, 5.41) is 9.40. The monoisotopic (exact) mass is 502 g/mol. The lowest BCUT2D eigenvalue weighted by atomic mass is 9.89. The number of benzene rings is 2. The summed E-state index contributed by atoms with van der Waals surface area (Å²) < 4.78 is 32.2. The highest BCUT2D eigenvalue weighted by atomic mass is 35.5. The molecule has 1 saturated heterocycles. The molecule has 0 aromatic heterocycles. The van der Waals surface area contributed by atoms with Crippen molar-refractivity contribution in [1.82, 2.24) is 0 Å². The molecule has 2 aromatic carbocycles. The van der Waals surface area contributed by atoms with Crippen LogP contribution < -0.4 is 4.90 Å². The van der Waals surface area contributed by atoms with Gasteiger partial charge >= 0.3 is 0 Å². The number of nitrogens with zero attached hydrogens (tertiary/aromatic N) is 2. The molecule has 1 amide bonds. The number of anilines is 1. The Balaban J connectivity index is 2.13. The molecule has 0 spiro atoms. The predicted molar refractivity (Wildman–Crippen MR) is 134 cm³/mol. The number of carbonyl (C=O) groups is 1. The lowest BCUT2D eigenvalue weighted by Gasteiger charge is -2.38. The van der Waals surface area contributed by atoms with Crippen LogP contribution in [0.2, 0.25) is 5.02 Å². The highest BCUT2D eigenvalue weighted by Gasteiger charge is 2.47. The molecule has 6 nitrogen and oxygen atoms in total. The van der Waals surface area contributed by atoms with E-state index in [1.807, 2.05) is 40.7 Å². The summed E-state index contributed by atoms with van der Waals surface area (Å²) in [6.45, 7) is 10.0. The van der Waals surface area contributed by atoms with Gasteiger partial charge in [0.05, 0.1) is 27.2 Å². The Bertz CT molecular complexity index is 1200. The third-order valence-corrected chi connectivity index (χ3v) is 9.09. The van der Waals surface area contributed by atoms with Crippen molar-refractivity contribution in [1.29, 1.82) is 5.26 Å². The number of hydrogen-bond donors (Lipinski definition) is 0. The summed E-state index contributed by atoms with van der Waals surface area (Å²) >= 11 is 6.72. The number of sulfone groups is 1. The summed E-state index contributed by atoms with van der Waals surface area (Å²) in [6, 6.07) is 13.0. The van der Waals surface area contributed by atoms with Crippen LogP contribution in [0.1, 0.15) is 58.6 Å². The molecule has 0 atom stereocenters. The van der Waals surface area contributed by atoms with E-state index in [0.29, 0.717) is 35.1 Å². The van der Waals surface area contributed by atoms with E-state index in [0.717, 1.165) is 0 Å². The second-order valence-electron chi connectivity index (χ2n) is 9.93. The van der Waals surface area contributed by atoms with Gasteiger partial charge in [-0.1, -0.05) is 38.4 Å². The van der Waals surface area contributed by atoms with Gasteiger partial charge in [-0.25, -0.2) is 8.42 Å². The van der Waals surface area contributed by atoms with Gasteiger partial charge in [0, 0.05) is 24.7 Å². The minimum atomic E-state index is -3.84. The fourth-order valence-corrected chi connectivity index (χ4v) is 6.68. The molecule has 0 saturated carbocycles. The van der Waals surface area contributed by atoms with E-state index in [1.165, 1.54) is 24.3 Å². The lowest BCUT2D eigenvalue weighted by Crippen LogP contribution is -2.44. The van der Waals surface area contributed by atoms with E-state index in [2.05, 4.69) is 0 Å². The van der Waals surface area contributed by atoms with Crippen molar-refractivity contribution in [3.63, 3.8) is 0 Å². The first-order chi connectivity index (χ1) is 15.8. The third kappa shape index (κ3) is 4.72. The maximum Gasteiger partial charge on any atom is 0.232 e. The van der Waals surface area contributed by atoms with Crippen molar-refractivity contribution in [2.45, 2.75) is 63.1 Å². The van der Waals surface area contributed by atoms with Crippen LogP contribution in [0.25, 0.3) is 0 Å². The van der Waals surface area contributed by atoms with Gasteiger partial charge in [0.15, 0.2) is 9.84 Å². The van der Waals surface area contributed by atoms with Gasteiger partial charge in [-0.15, -0.1) is 0 Å². The van der Waals surface area contributed by atoms with Crippen molar-refractivity contribution in [3.8, 4) is 6.07 Å². The first-order valence-electron chi connectivity index (χ1n) is 11.3.